The van der Waals surface area contributed by atoms with Gasteiger partial charge in [-0.2, -0.15) is 0 Å². The van der Waals surface area contributed by atoms with Gasteiger partial charge in [-0.3, -0.25) is 0 Å². The van der Waals surface area contributed by atoms with Gasteiger partial charge < -0.3 is 4.74 Å². The summed E-state index contributed by atoms with van der Waals surface area (Å²) in [7, 11) is 0. The third-order valence-electron chi connectivity index (χ3n) is 4.18. The summed E-state index contributed by atoms with van der Waals surface area (Å²) in [6.45, 7) is 4.04. The van der Waals surface area contributed by atoms with Crippen LogP contribution in [0.1, 0.15) is 21.2 Å². The molecule has 0 bridgehead atoms. The van der Waals surface area contributed by atoms with E-state index in [1.54, 1.807) is 22.7 Å². The lowest BCUT2D eigenvalue weighted by Crippen LogP contribution is -2.31. The minimum absolute atomic E-state index is 0.214. The lowest BCUT2D eigenvalue weighted by atomic mass is 9.78. The molecule has 114 valence electrons. The van der Waals surface area contributed by atoms with Crippen LogP contribution >= 0.6 is 22.7 Å². The monoisotopic (exact) mass is 338 g/mol. The molecule has 2 aromatic heterocycles. The van der Waals surface area contributed by atoms with Crippen LogP contribution in [0.4, 0.5) is 0 Å². The summed E-state index contributed by atoms with van der Waals surface area (Å²) in [4.78, 5) is 14.5. The first kappa shape index (κ1) is 14.4. The Balaban J connectivity index is 2.00. The highest BCUT2D eigenvalue weighted by Crippen LogP contribution is 2.56. The van der Waals surface area contributed by atoms with E-state index in [4.69, 9.17) is 4.74 Å². The Kier molecular flexibility index (Phi) is 3.43. The lowest BCUT2D eigenvalue weighted by molar-refractivity contribution is -0.144. The predicted octanol–water partition coefficient (Wildman–Crippen LogP) is 4.95. The van der Waals surface area contributed by atoms with Crippen molar-refractivity contribution in [2.24, 2.45) is 0 Å². The van der Waals surface area contributed by atoms with Crippen LogP contribution in [0, 0.1) is 0 Å². The van der Waals surface area contributed by atoms with Crippen LogP contribution < -0.4 is 0 Å². The number of thiophene rings is 2. The number of cyclic esters (lactones) is 1. The first-order valence-corrected chi connectivity index (χ1v) is 9.04. The highest BCUT2D eigenvalue weighted by Gasteiger charge is 2.56. The average Bonchev–Trinajstić information content (AvgIpc) is 3.30. The molecule has 4 rings (SSSR count). The standard InChI is InChI=1S/C19H14O2S2/c1-13-17(14-7-3-2-4-8-14)19(21-18(13)20,15-9-5-11-22-15)16-10-6-12-23-16/h2-12,17H,1H2. The highest BCUT2D eigenvalue weighted by atomic mass is 32.1. The SMILES string of the molecule is C=C1C(=O)OC(c2cccs2)(c2cccs2)C1c1ccccc1. The molecule has 4 heteroatoms. The molecule has 0 radical (unpaired) electrons. The summed E-state index contributed by atoms with van der Waals surface area (Å²) < 4.78 is 6.00. The highest BCUT2D eigenvalue weighted by molar-refractivity contribution is 7.11. The van der Waals surface area contributed by atoms with Crippen molar-refractivity contribution >= 4 is 28.6 Å². The van der Waals surface area contributed by atoms with Crippen LogP contribution in [-0.4, -0.2) is 5.97 Å². The van der Waals surface area contributed by atoms with E-state index < -0.39 is 5.60 Å². The second kappa shape index (κ2) is 5.48. The zero-order valence-electron chi connectivity index (χ0n) is 12.3. The molecule has 1 fully saturated rings. The molecule has 3 aromatic rings. The van der Waals surface area contributed by atoms with E-state index in [1.807, 2.05) is 65.4 Å². The summed E-state index contributed by atoms with van der Waals surface area (Å²) in [6.07, 6.45) is 0. The Bertz CT molecular complexity index is 799. The third kappa shape index (κ3) is 2.10. The smallest absolute Gasteiger partial charge is 0.335 e. The number of ether oxygens (including phenoxy) is 1. The molecule has 1 aliphatic rings. The Labute approximate surface area is 142 Å². The van der Waals surface area contributed by atoms with Crippen LogP contribution in [0.2, 0.25) is 0 Å². The molecule has 23 heavy (non-hydrogen) atoms. The molecule has 1 aliphatic heterocycles. The molecule has 0 amide bonds. The summed E-state index contributed by atoms with van der Waals surface area (Å²) in [5, 5.41) is 4.03. The van der Waals surface area contributed by atoms with Gasteiger partial charge in [-0.25, -0.2) is 4.79 Å². The van der Waals surface area contributed by atoms with E-state index in [-0.39, 0.29) is 11.9 Å². The van der Waals surface area contributed by atoms with Gasteiger partial charge in [0.1, 0.15) is 0 Å². The molecule has 0 aliphatic carbocycles. The summed E-state index contributed by atoms with van der Waals surface area (Å²) in [5.41, 5.74) is 0.751. The maximum Gasteiger partial charge on any atom is 0.335 e. The first-order chi connectivity index (χ1) is 11.2. The average molecular weight is 338 g/mol. The van der Waals surface area contributed by atoms with Crippen molar-refractivity contribution in [1.82, 2.24) is 0 Å². The molecule has 0 N–H and O–H groups in total. The Morgan fingerprint density at radius 2 is 1.52 bits per heavy atom. The quantitative estimate of drug-likeness (QED) is 0.499. The molecule has 2 nitrogen and oxygen atoms in total. The number of benzene rings is 1. The van der Waals surface area contributed by atoms with Crippen molar-refractivity contribution in [3.05, 3.63) is 92.8 Å². The fourth-order valence-corrected chi connectivity index (χ4v) is 5.08. The van der Waals surface area contributed by atoms with Gasteiger partial charge in [0.2, 0.25) is 0 Å². The molecule has 1 saturated heterocycles. The minimum Gasteiger partial charge on any atom is -0.443 e. The number of hydrogen-bond acceptors (Lipinski definition) is 4. The summed E-state index contributed by atoms with van der Waals surface area (Å²) >= 11 is 3.22. The second-order valence-corrected chi connectivity index (χ2v) is 7.34. The molecular formula is C19H14O2S2. The molecular weight excluding hydrogens is 324 g/mol. The third-order valence-corrected chi connectivity index (χ3v) is 6.15. The van der Waals surface area contributed by atoms with E-state index in [2.05, 4.69) is 6.58 Å². The molecule has 0 saturated carbocycles. The molecule has 1 unspecified atom stereocenters. The molecule has 1 aromatic carbocycles. The number of hydrogen-bond donors (Lipinski definition) is 0. The van der Waals surface area contributed by atoms with E-state index >= 15 is 0 Å². The Morgan fingerprint density at radius 3 is 2.04 bits per heavy atom. The first-order valence-electron chi connectivity index (χ1n) is 7.28. The van der Waals surface area contributed by atoms with Gasteiger partial charge in [0.15, 0.2) is 5.60 Å². The van der Waals surface area contributed by atoms with Gasteiger partial charge in [-0.15, -0.1) is 22.7 Å². The van der Waals surface area contributed by atoms with E-state index in [0.717, 1.165) is 15.3 Å². The van der Waals surface area contributed by atoms with Gasteiger partial charge in [-0.1, -0.05) is 49.0 Å². The van der Waals surface area contributed by atoms with Gasteiger partial charge in [-0.05, 0) is 28.5 Å². The van der Waals surface area contributed by atoms with Gasteiger partial charge in [0.05, 0.1) is 15.7 Å². The number of esters is 1. The number of carbonyl (C=O) groups excluding carboxylic acids is 1. The Hall–Kier alpha value is -2.17. The fraction of sp³-hybridized carbons (Fsp3) is 0.105. The number of carbonyl (C=O) groups is 1. The summed E-state index contributed by atoms with van der Waals surface area (Å²) in [6, 6.07) is 18.1. The van der Waals surface area contributed by atoms with Crippen LogP contribution in [0.5, 0.6) is 0 Å². The molecule has 3 heterocycles. The zero-order chi connectivity index (χ0) is 15.9. The Morgan fingerprint density at radius 1 is 0.913 bits per heavy atom. The fourth-order valence-electron chi connectivity index (χ4n) is 3.20. The maximum atomic E-state index is 12.5. The van der Waals surface area contributed by atoms with Crippen LogP contribution in [0.15, 0.2) is 77.5 Å². The minimum atomic E-state index is -0.808. The summed E-state index contributed by atoms with van der Waals surface area (Å²) in [5.74, 6) is -0.533. The molecule has 1 atom stereocenters. The van der Waals surface area contributed by atoms with Gasteiger partial charge >= 0.3 is 5.97 Å². The van der Waals surface area contributed by atoms with E-state index in [9.17, 15) is 4.79 Å². The maximum absolute atomic E-state index is 12.5. The predicted molar refractivity (Wildman–Crippen MR) is 93.8 cm³/mol. The van der Waals surface area contributed by atoms with E-state index in [1.165, 1.54) is 0 Å². The van der Waals surface area contributed by atoms with Crippen LogP contribution in [0.25, 0.3) is 0 Å². The van der Waals surface area contributed by atoms with Gasteiger partial charge in [0.25, 0.3) is 0 Å². The van der Waals surface area contributed by atoms with Crippen LogP contribution in [-0.2, 0) is 15.1 Å². The van der Waals surface area contributed by atoms with Crippen molar-refractivity contribution in [3.8, 4) is 0 Å². The van der Waals surface area contributed by atoms with Crippen molar-refractivity contribution < 1.29 is 9.53 Å². The van der Waals surface area contributed by atoms with Gasteiger partial charge in [0, 0.05) is 5.57 Å². The van der Waals surface area contributed by atoms with Crippen molar-refractivity contribution in [2.45, 2.75) is 11.5 Å². The second-order valence-electron chi connectivity index (χ2n) is 5.45. The lowest BCUT2D eigenvalue weighted by Gasteiger charge is -2.32. The largest absolute Gasteiger partial charge is 0.443 e. The zero-order valence-corrected chi connectivity index (χ0v) is 13.9. The molecule has 0 spiro atoms. The van der Waals surface area contributed by atoms with Crippen LogP contribution in [0.3, 0.4) is 0 Å². The van der Waals surface area contributed by atoms with E-state index in [0.29, 0.717) is 5.57 Å². The van der Waals surface area contributed by atoms with Crippen molar-refractivity contribution in [1.29, 1.82) is 0 Å². The normalized spacial score (nSPS) is 19.7. The van der Waals surface area contributed by atoms with Crippen molar-refractivity contribution in [3.63, 3.8) is 0 Å². The van der Waals surface area contributed by atoms with Crippen molar-refractivity contribution in [2.75, 3.05) is 0 Å². The topological polar surface area (TPSA) is 26.3 Å². The number of rotatable bonds is 3.